The van der Waals surface area contributed by atoms with Crippen LogP contribution in [0, 0.1) is 0 Å². The van der Waals surface area contributed by atoms with E-state index in [2.05, 4.69) is 0 Å². The lowest BCUT2D eigenvalue weighted by Crippen LogP contribution is -2.14. The van der Waals surface area contributed by atoms with E-state index in [4.69, 9.17) is 56.4 Å². The predicted octanol–water partition coefficient (Wildman–Crippen LogP) is 3.69. The normalized spacial score (nSPS) is 11.8. The number of hydrogen-bond acceptors (Lipinski definition) is 13. The average molecular weight is 719 g/mol. The molecule has 2 aromatic rings. The molecule has 0 fully saturated rings. The van der Waals surface area contributed by atoms with Gasteiger partial charge in [0.25, 0.3) is 0 Å². The van der Waals surface area contributed by atoms with E-state index >= 15 is 0 Å². The maximum absolute atomic E-state index is 11.9. The van der Waals surface area contributed by atoms with Crippen LogP contribution in [-0.2, 0) is 74.2 Å². The van der Waals surface area contributed by atoms with Crippen molar-refractivity contribution >= 4 is 7.82 Å². The van der Waals surface area contributed by atoms with Gasteiger partial charge in [0.1, 0.15) is 0 Å². The van der Waals surface area contributed by atoms with Gasteiger partial charge in [-0.3, -0.25) is 9.05 Å². The van der Waals surface area contributed by atoms with Gasteiger partial charge in [0, 0.05) is 0 Å². The molecule has 0 saturated carbocycles. The summed E-state index contributed by atoms with van der Waals surface area (Å²) in [6.07, 6.45) is 0. The fourth-order valence-corrected chi connectivity index (χ4v) is 4.43. The van der Waals surface area contributed by atoms with Crippen LogP contribution in [0.4, 0.5) is 0 Å². The van der Waals surface area contributed by atoms with Crippen LogP contribution in [0.2, 0.25) is 0 Å². The molecule has 0 aliphatic heterocycles. The van der Waals surface area contributed by atoms with Crippen molar-refractivity contribution in [3.8, 4) is 0 Å². The van der Waals surface area contributed by atoms with Crippen LogP contribution in [0.1, 0.15) is 11.1 Å². The van der Waals surface area contributed by atoms with E-state index in [9.17, 15) is 9.46 Å². The molecule has 0 saturated heterocycles. The van der Waals surface area contributed by atoms with Crippen molar-refractivity contribution in [2.75, 3.05) is 132 Å². The fourth-order valence-electron chi connectivity index (χ4n) is 3.75. The molecule has 0 bridgehead atoms. The van der Waals surface area contributed by atoms with Gasteiger partial charge in [-0.2, -0.15) is 0 Å². The first-order chi connectivity index (χ1) is 24.2. The maximum atomic E-state index is 11.9. The Morgan fingerprint density at radius 1 is 0.347 bits per heavy atom. The molecule has 0 unspecified atom stereocenters. The molecule has 2 rings (SSSR count). The first-order valence-corrected chi connectivity index (χ1v) is 18.1. The third-order valence-electron chi connectivity index (χ3n) is 6.16. The van der Waals surface area contributed by atoms with E-state index in [0.29, 0.717) is 119 Å². The Morgan fingerprint density at radius 3 is 0.837 bits per heavy atom. The standard InChI is InChI=1S/C34H55O14P/c35-49(36,47-29-27-43-21-19-39-13-11-37-15-17-41-23-25-45-31-33-7-3-1-4-8-33)48-30-28-44-22-20-40-14-12-38-16-18-42-24-26-46-32-34-9-5-2-6-10-34/h1-10H,11-32H2,(H,35,36). The van der Waals surface area contributed by atoms with E-state index in [-0.39, 0.29) is 26.4 Å². The molecule has 280 valence electrons. The Balaban J connectivity index is 1.20. The summed E-state index contributed by atoms with van der Waals surface area (Å²) in [5, 5.41) is 0. The maximum Gasteiger partial charge on any atom is 0.472 e. The first kappa shape index (κ1) is 43.3. The van der Waals surface area contributed by atoms with Crippen molar-refractivity contribution in [3.05, 3.63) is 71.8 Å². The average Bonchev–Trinajstić information content (AvgIpc) is 3.11. The molecule has 0 aliphatic carbocycles. The van der Waals surface area contributed by atoms with E-state index in [1.165, 1.54) is 0 Å². The van der Waals surface area contributed by atoms with Crippen molar-refractivity contribution in [3.63, 3.8) is 0 Å². The summed E-state index contributed by atoms with van der Waals surface area (Å²) in [6, 6.07) is 20.0. The highest BCUT2D eigenvalue weighted by Gasteiger charge is 2.20. The van der Waals surface area contributed by atoms with Crippen molar-refractivity contribution in [2.45, 2.75) is 13.2 Å². The number of phosphoric ester groups is 1. The van der Waals surface area contributed by atoms with Crippen LogP contribution in [0.5, 0.6) is 0 Å². The third kappa shape index (κ3) is 28.5. The largest absolute Gasteiger partial charge is 0.472 e. The van der Waals surface area contributed by atoms with E-state index in [0.717, 1.165) is 11.1 Å². The summed E-state index contributed by atoms with van der Waals surface area (Å²) in [4.78, 5) is 9.72. The van der Waals surface area contributed by atoms with Gasteiger partial charge in [0.05, 0.1) is 145 Å². The van der Waals surface area contributed by atoms with Crippen LogP contribution in [-0.4, -0.2) is 137 Å². The Hall–Kier alpha value is -1.85. The number of rotatable bonds is 36. The zero-order valence-electron chi connectivity index (χ0n) is 28.5. The van der Waals surface area contributed by atoms with E-state index in [1.54, 1.807) is 0 Å². The topological polar surface area (TPSA) is 148 Å². The van der Waals surface area contributed by atoms with Gasteiger partial charge >= 0.3 is 7.82 Å². The van der Waals surface area contributed by atoms with Gasteiger partial charge in [0.2, 0.25) is 0 Å². The molecular weight excluding hydrogens is 663 g/mol. The third-order valence-corrected chi connectivity index (χ3v) is 7.18. The summed E-state index contributed by atoms with van der Waals surface area (Å²) >= 11 is 0. The Morgan fingerprint density at radius 2 is 0.571 bits per heavy atom. The molecule has 14 nitrogen and oxygen atoms in total. The van der Waals surface area contributed by atoms with Gasteiger partial charge in [-0.25, -0.2) is 4.57 Å². The summed E-state index contributed by atoms with van der Waals surface area (Å²) < 4.78 is 76.1. The van der Waals surface area contributed by atoms with Crippen LogP contribution < -0.4 is 0 Å². The van der Waals surface area contributed by atoms with Gasteiger partial charge in [-0.15, -0.1) is 0 Å². The minimum atomic E-state index is -4.18. The summed E-state index contributed by atoms with van der Waals surface area (Å²) in [5.41, 5.74) is 2.27. The Labute approximate surface area is 290 Å². The highest BCUT2D eigenvalue weighted by atomic mass is 31.2. The molecule has 0 spiro atoms. The summed E-state index contributed by atoms with van der Waals surface area (Å²) in [7, 11) is -4.18. The monoisotopic (exact) mass is 718 g/mol. The molecule has 0 heterocycles. The van der Waals surface area contributed by atoms with Crippen LogP contribution in [0.15, 0.2) is 60.7 Å². The lowest BCUT2D eigenvalue weighted by molar-refractivity contribution is -0.0165. The molecule has 1 N–H and O–H groups in total. The zero-order valence-corrected chi connectivity index (χ0v) is 29.4. The smallest absolute Gasteiger partial charge is 0.377 e. The number of benzene rings is 2. The molecule has 15 heteroatoms. The minimum absolute atomic E-state index is 0.0970. The Kier molecular flexibility index (Phi) is 28.4. The van der Waals surface area contributed by atoms with Crippen LogP contribution in [0.25, 0.3) is 0 Å². The minimum Gasteiger partial charge on any atom is -0.377 e. The fraction of sp³-hybridized carbons (Fsp3) is 0.647. The molecular formula is C34H55O14P. The molecule has 0 aliphatic rings. The van der Waals surface area contributed by atoms with Gasteiger partial charge in [-0.1, -0.05) is 60.7 Å². The predicted molar refractivity (Wildman–Crippen MR) is 180 cm³/mol. The van der Waals surface area contributed by atoms with Gasteiger partial charge < -0.3 is 52.3 Å². The quantitative estimate of drug-likeness (QED) is 0.0807. The Bertz CT molecular complexity index is 943. The summed E-state index contributed by atoms with van der Waals surface area (Å²) in [6.45, 7) is 8.28. The number of hydrogen-bond donors (Lipinski definition) is 1. The second kappa shape index (κ2) is 32.1. The highest BCUT2D eigenvalue weighted by molar-refractivity contribution is 7.47. The summed E-state index contributed by atoms with van der Waals surface area (Å²) in [5.74, 6) is 0. The molecule has 0 radical (unpaired) electrons. The second-order valence-electron chi connectivity index (χ2n) is 10.1. The SMILES string of the molecule is O=P(O)(OCCOCCOCCOCCOCCOCc1ccccc1)OCCOCCOCCOCCOCCOCc1ccccc1. The zero-order chi connectivity index (χ0) is 34.8. The molecule has 2 aromatic carbocycles. The lowest BCUT2D eigenvalue weighted by Gasteiger charge is -2.12. The van der Waals surface area contributed by atoms with Gasteiger partial charge in [0.15, 0.2) is 0 Å². The van der Waals surface area contributed by atoms with E-state index in [1.807, 2.05) is 60.7 Å². The first-order valence-electron chi connectivity index (χ1n) is 16.6. The molecule has 49 heavy (non-hydrogen) atoms. The highest BCUT2D eigenvalue weighted by Crippen LogP contribution is 2.42. The number of phosphoric acid groups is 1. The molecule has 0 atom stereocenters. The van der Waals surface area contributed by atoms with Crippen molar-refractivity contribution in [1.29, 1.82) is 0 Å². The van der Waals surface area contributed by atoms with Crippen LogP contribution in [0.3, 0.4) is 0 Å². The van der Waals surface area contributed by atoms with Gasteiger partial charge in [-0.05, 0) is 11.1 Å². The second-order valence-corrected chi connectivity index (χ2v) is 11.6. The molecule has 0 aromatic heterocycles. The van der Waals surface area contributed by atoms with Crippen molar-refractivity contribution in [2.24, 2.45) is 0 Å². The van der Waals surface area contributed by atoms with E-state index < -0.39 is 7.82 Å². The molecule has 0 amide bonds. The van der Waals surface area contributed by atoms with Crippen molar-refractivity contribution in [1.82, 2.24) is 0 Å². The van der Waals surface area contributed by atoms with Crippen molar-refractivity contribution < 1.29 is 65.9 Å². The van der Waals surface area contributed by atoms with Crippen LogP contribution >= 0.6 is 7.82 Å². The lowest BCUT2D eigenvalue weighted by atomic mass is 10.2. The number of ether oxygens (including phenoxy) is 10.